The first-order valence-electron chi connectivity index (χ1n) is 6.64. The van der Waals surface area contributed by atoms with Crippen LogP contribution in [-0.4, -0.2) is 11.8 Å². The van der Waals surface area contributed by atoms with Gasteiger partial charge in [0.1, 0.15) is 5.57 Å². The van der Waals surface area contributed by atoms with Gasteiger partial charge in [-0.2, -0.15) is 0 Å². The smallest absolute Gasteiger partial charge is 0.267 e. The summed E-state index contributed by atoms with van der Waals surface area (Å²) in [6.07, 6.45) is 1.61. The normalized spacial score (nSPS) is 16.4. The average Bonchev–Trinajstić information content (AvgIpc) is 2.78. The first-order chi connectivity index (χ1) is 10.1. The van der Waals surface area contributed by atoms with Crippen LogP contribution < -0.4 is 10.4 Å². The van der Waals surface area contributed by atoms with Crippen LogP contribution in [0, 0.1) is 6.92 Å². The van der Waals surface area contributed by atoms with Gasteiger partial charge in [0.25, 0.3) is 11.8 Å². The van der Waals surface area contributed by atoms with Crippen molar-refractivity contribution in [2.75, 3.05) is 5.01 Å². The number of nitrogens with one attached hydrogen (secondary N) is 1. The molecule has 104 valence electrons. The third kappa shape index (κ3) is 2.56. The Bertz CT molecular complexity index is 718. The summed E-state index contributed by atoms with van der Waals surface area (Å²) in [5, 5.41) is 1.27. The van der Waals surface area contributed by atoms with E-state index in [-0.39, 0.29) is 17.4 Å². The van der Waals surface area contributed by atoms with Gasteiger partial charge >= 0.3 is 0 Å². The standard InChI is InChI=1S/C17H14N2O2/c1-12-7-9-13(10-8-12)11-15-16(20)18-19(17(15)21)14-5-3-2-4-6-14/h2-11H,1H3,(H,18,20). The molecule has 2 aromatic rings. The van der Waals surface area contributed by atoms with Crippen LogP contribution in [0.25, 0.3) is 6.08 Å². The van der Waals surface area contributed by atoms with Gasteiger partial charge in [-0.05, 0) is 30.7 Å². The Kier molecular flexibility index (Phi) is 3.28. The molecule has 2 amide bonds. The lowest BCUT2D eigenvalue weighted by atomic mass is 10.1. The van der Waals surface area contributed by atoms with Crippen LogP contribution in [0.1, 0.15) is 11.1 Å². The zero-order valence-electron chi connectivity index (χ0n) is 11.5. The number of benzene rings is 2. The van der Waals surface area contributed by atoms with Crippen molar-refractivity contribution in [2.45, 2.75) is 6.92 Å². The van der Waals surface area contributed by atoms with E-state index in [1.54, 1.807) is 18.2 Å². The van der Waals surface area contributed by atoms with Crippen LogP contribution in [0.3, 0.4) is 0 Å². The number of para-hydroxylation sites is 1. The van der Waals surface area contributed by atoms with Crippen molar-refractivity contribution in [2.24, 2.45) is 0 Å². The van der Waals surface area contributed by atoms with E-state index in [9.17, 15) is 9.59 Å². The molecule has 3 rings (SSSR count). The van der Waals surface area contributed by atoms with Crippen LogP contribution in [-0.2, 0) is 9.59 Å². The molecule has 0 saturated carbocycles. The van der Waals surface area contributed by atoms with Gasteiger partial charge in [0.05, 0.1) is 5.69 Å². The molecule has 0 aromatic heterocycles. The van der Waals surface area contributed by atoms with Crippen molar-refractivity contribution in [1.29, 1.82) is 0 Å². The maximum atomic E-state index is 12.4. The highest BCUT2D eigenvalue weighted by atomic mass is 16.2. The molecule has 1 aliphatic rings. The highest BCUT2D eigenvalue weighted by Gasteiger charge is 2.34. The van der Waals surface area contributed by atoms with Gasteiger partial charge in [-0.15, -0.1) is 0 Å². The van der Waals surface area contributed by atoms with E-state index >= 15 is 0 Å². The lowest BCUT2D eigenvalue weighted by molar-refractivity contribution is -0.117. The van der Waals surface area contributed by atoms with E-state index in [4.69, 9.17) is 0 Å². The molecule has 1 aliphatic heterocycles. The van der Waals surface area contributed by atoms with Crippen LogP contribution >= 0.6 is 0 Å². The average molecular weight is 278 g/mol. The number of hydrazine groups is 1. The highest BCUT2D eigenvalue weighted by molar-refractivity contribution is 6.31. The first-order valence-corrected chi connectivity index (χ1v) is 6.64. The predicted octanol–water partition coefficient (Wildman–Crippen LogP) is 2.46. The number of aryl methyl sites for hydroxylation is 1. The van der Waals surface area contributed by atoms with Crippen molar-refractivity contribution >= 4 is 23.6 Å². The molecule has 2 aromatic carbocycles. The zero-order chi connectivity index (χ0) is 14.8. The summed E-state index contributed by atoms with van der Waals surface area (Å²) in [6.45, 7) is 1.99. The topological polar surface area (TPSA) is 49.4 Å². The fourth-order valence-electron chi connectivity index (χ4n) is 2.15. The monoisotopic (exact) mass is 278 g/mol. The molecule has 0 unspecified atom stereocenters. The molecule has 0 radical (unpaired) electrons. The number of nitrogens with zero attached hydrogens (tertiary/aromatic N) is 1. The number of carbonyl (C=O) groups excluding carboxylic acids is 2. The lowest BCUT2D eigenvalue weighted by Crippen LogP contribution is -2.35. The Labute approximate surface area is 122 Å². The number of hydrogen-bond donors (Lipinski definition) is 1. The molecule has 1 fully saturated rings. The molecule has 1 saturated heterocycles. The summed E-state index contributed by atoms with van der Waals surface area (Å²) in [7, 11) is 0. The number of amides is 2. The Balaban J connectivity index is 1.92. The summed E-state index contributed by atoms with van der Waals surface area (Å²) in [5.41, 5.74) is 5.32. The molecule has 21 heavy (non-hydrogen) atoms. The fraction of sp³-hybridized carbons (Fsp3) is 0.0588. The number of rotatable bonds is 2. The lowest BCUT2D eigenvalue weighted by Gasteiger charge is -2.13. The van der Waals surface area contributed by atoms with Crippen LogP contribution in [0.5, 0.6) is 0 Å². The summed E-state index contributed by atoms with van der Waals surface area (Å²) in [6, 6.07) is 16.7. The summed E-state index contributed by atoms with van der Waals surface area (Å²) < 4.78 is 0. The molecule has 4 nitrogen and oxygen atoms in total. The molecule has 1 N–H and O–H groups in total. The largest absolute Gasteiger partial charge is 0.282 e. The van der Waals surface area contributed by atoms with Crippen molar-refractivity contribution in [3.63, 3.8) is 0 Å². The Morgan fingerprint density at radius 2 is 1.62 bits per heavy atom. The van der Waals surface area contributed by atoms with E-state index < -0.39 is 0 Å². The van der Waals surface area contributed by atoms with Crippen LogP contribution in [0.2, 0.25) is 0 Å². The van der Waals surface area contributed by atoms with E-state index in [0.717, 1.165) is 11.1 Å². The highest BCUT2D eigenvalue weighted by Crippen LogP contribution is 2.21. The predicted molar refractivity (Wildman–Crippen MR) is 81.2 cm³/mol. The maximum Gasteiger partial charge on any atom is 0.282 e. The minimum absolute atomic E-state index is 0.141. The molecular formula is C17H14N2O2. The second-order valence-corrected chi connectivity index (χ2v) is 4.89. The second-order valence-electron chi connectivity index (χ2n) is 4.89. The van der Waals surface area contributed by atoms with Crippen LogP contribution in [0.15, 0.2) is 60.2 Å². The molecule has 0 atom stereocenters. The van der Waals surface area contributed by atoms with E-state index in [1.165, 1.54) is 5.01 Å². The van der Waals surface area contributed by atoms with E-state index in [2.05, 4.69) is 5.43 Å². The SMILES string of the molecule is Cc1ccc(C=C2C(=O)NN(c3ccccc3)C2=O)cc1. The van der Waals surface area contributed by atoms with Gasteiger partial charge in [0.15, 0.2) is 0 Å². The summed E-state index contributed by atoms with van der Waals surface area (Å²) in [5.74, 6) is -0.726. The van der Waals surface area contributed by atoms with Gasteiger partial charge < -0.3 is 0 Å². The second kappa shape index (κ2) is 5.25. The van der Waals surface area contributed by atoms with E-state index in [1.807, 2.05) is 49.4 Å². The van der Waals surface area contributed by atoms with Gasteiger partial charge in [-0.1, -0.05) is 48.0 Å². The quantitative estimate of drug-likeness (QED) is 0.677. The van der Waals surface area contributed by atoms with E-state index in [0.29, 0.717) is 5.69 Å². The van der Waals surface area contributed by atoms with Crippen molar-refractivity contribution in [1.82, 2.24) is 5.43 Å². The van der Waals surface area contributed by atoms with Crippen LogP contribution in [0.4, 0.5) is 5.69 Å². The Hall–Kier alpha value is -2.88. The molecule has 0 spiro atoms. The molecule has 0 aliphatic carbocycles. The van der Waals surface area contributed by atoms with Gasteiger partial charge in [-0.3, -0.25) is 15.0 Å². The number of anilines is 1. The number of carbonyl (C=O) groups is 2. The van der Waals surface area contributed by atoms with Crippen molar-refractivity contribution < 1.29 is 9.59 Å². The molecule has 4 heteroatoms. The molecule has 0 bridgehead atoms. The van der Waals surface area contributed by atoms with Gasteiger partial charge in [-0.25, -0.2) is 5.01 Å². The number of hydrogen-bond acceptors (Lipinski definition) is 2. The zero-order valence-corrected chi connectivity index (χ0v) is 11.5. The van der Waals surface area contributed by atoms with Gasteiger partial charge in [0.2, 0.25) is 0 Å². The summed E-state index contributed by atoms with van der Waals surface area (Å²) >= 11 is 0. The van der Waals surface area contributed by atoms with Gasteiger partial charge in [0, 0.05) is 0 Å². The molecule has 1 heterocycles. The van der Waals surface area contributed by atoms with Crippen molar-refractivity contribution in [3.05, 3.63) is 71.3 Å². The minimum Gasteiger partial charge on any atom is -0.267 e. The third-order valence-electron chi connectivity index (χ3n) is 3.29. The van der Waals surface area contributed by atoms with Crippen molar-refractivity contribution in [3.8, 4) is 0 Å². The maximum absolute atomic E-state index is 12.4. The summed E-state index contributed by atoms with van der Waals surface area (Å²) in [4.78, 5) is 24.4. The first kappa shape index (κ1) is 13.1. The molecular weight excluding hydrogens is 264 g/mol. The fourth-order valence-corrected chi connectivity index (χ4v) is 2.15. The Morgan fingerprint density at radius 1 is 0.952 bits per heavy atom. The Morgan fingerprint density at radius 3 is 2.29 bits per heavy atom. The minimum atomic E-state index is -0.385. The third-order valence-corrected chi connectivity index (χ3v) is 3.29.